The number of carbonyl (C=O) groups is 1. The van der Waals surface area contributed by atoms with Gasteiger partial charge in [0.15, 0.2) is 0 Å². The number of anilines is 1. The molecule has 2 aliphatic heterocycles. The van der Waals surface area contributed by atoms with Crippen LogP contribution >= 0.6 is 0 Å². The summed E-state index contributed by atoms with van der Waals surface area (Å²) < 4.78 is 10.8. The first-order chi connectivity index (χ1) is 11.7. The van der Waals surface area contributed by atoms with Crippen LogP contribution in [0, 0.1) is 0 Å². The van der Waals surface area contributed by atoms with Crippen molar-refractivity contribution in [3.63, 3.8) is 0 Å². The molecule has 0 aromatic heterocycles. The van der Waals surface area contributed by atoms with Gasteiger partial charge in [0.25, 0.3) is 0 Å². The number of hydrogen-bond donors (Lipinski definition) is 2. The lowest BCUT2D eigenvalue weighted by molar-refractivity contribution is -0.121. The van der Waals surface area contributed by atoms with E-state index in [1.807, 2.05) is 42.5 Å². The lowest BCUT2D eigenvalue weighted by Gasteiger charge is -2.30. The van der Waals surface area contributed by atoms with Crippen molar-refractivity contribution < 1.29 is 14.3 Å². The molecule has 0 bridgehead atoms. The highest BCUT2D eigenvalue weighted by Gasteiger charge is 2.55. The van der Waals surface area contributed by atoms with Gasteiger partial charge in [-0.2, -0.15) is 0 Å². The van der Waals surface area contributed by atoms with E-state index < -0.39 is 5.41 Å². The van der Waals surface area contributed by atoms with Crippen LogP contribution in [0.25, 0.3) is 0 Å². The fourth-order valence-electron chi connectivity index (χ4n) is 4.00. The van der Waals surface area contributed by atoms with E-state index in [4.69, 9.17) is 9.47 Å². The van der Waals surface area contributed by atoms with Crippen molar-refractivity contribution in [3.05, 3.63) is 53.6 Å². The van der Waals surface area contributed by atoms with Crippen LogP contribution in [0.5, 0.6) is 11.5 Å². The number of carbonyl (C=O) groups excluding carboxylic acids is 1. The van der Waals surface area contributed by atoms with E-state index in [1.165, 1.54) is 0 Å². The third-order valence-electron chi connectivity index (χ3n) is 5.13. The summed E-state index contributed by atoms with van der Waals surface area (Å²) in [6.07, 6.45) is 0.764. The molecule has 2 aliphatic rings. The van der Waals surface area contributed by atoms with Crippen LogP contribution in [0.3, 0.4) is 0 Å². The monoisotopic (exact) mass is 324 g/mol. The maximum absolute atomic E-state index is 12.9. The molecule has 124 valence electrons. The Kier molecular flexibility index (Phi) is 3.46. The molecule has 1 spiro atoms. The van der Waals surface area contributed by atoms with Crippen molar-refractivity contribution in [3.8, 4) is 11.5 Å². The van der Waals surface area contributed by atoms with Crippen LogP contribution in [0.1, 0.15) is 23.6 Å². The first kappa shape index (κ1) is 15.0. The van der Waals surface area contributed by atoms with Crippen LogP contribution in [0.2, 0.25) is 0 Å². The summed E-state index contributed by atoms with van der Waals surface area (Å²) in [4.78, 5) is 12.9. The third-order valence-corrected chi connectivity index (χ3v) is 5.13. The van der Waals surface area contributed by atoms with E-state index in [9.17, 15) is 4.79 Å². The summed E-state index contributed by atoms with van der Waals surface area (Å²) in [7, 11) is 3.27. The van der Waals surface area contributed by atoms with Crippen LogP contribution in [-0.2, 0) is 10.2 Å². The van der Waals surface area contributed by atoms with Gasteiger partial charge in [0.05, 0.1) is 25.7 Å². The van der Waals surface area contributed by atoms with Crippen molar-refractivity contribution in [2.24, 2.45) is 0 Å². The molecule has 4 rings (SSSR count). The number of rotatable bonds is 3. The number of hydrogen-bond acceptors (Lipinski definition) is 4. The summed E-state index contributed by atoms with van der Waals surface area (Å²) in [6.45, 7) is 0.784. The Balaban J connectivity index is 1.86. The number of amides is 1. The fraction of sp³-hybridized carbons (Fsp3) is 0.316. The number of para-hydroxylation sites is 1. The molecular weight excluding hydrogens is 304 g/mol. The molecule has 2 atom stereocenters. The second-order valence-corrected chi connectivity index (χ2v) is 6.25. The van der Waals surface area contributed by atoms with Gasteiger partial charge >= 0.3 is 0 Å². The molecule has 2 unspecified atom stereocenters. The van der Waals surface area contributed by atoms with Crippen molar-refractivity contribution in [2.75, 3.05) is 26.1 Å². The average molecular weight is 324 g/mol. The predicted octanol–water partition coefficient (Wildman–Crippen LogP) is 2.63. The molecule has 5 heteroatoms. The molecule has 2 N–H and O–H groups in total. The molecule has 2 heterocycles. The van der Waals surface area contributed by atoms with E-state index >= 15 is 0 Å². The molecule has 24 heavy (non-hydrogen) atoms. The van der Waals surface area contributed by atoms with E-state index in [1.54, 1.807) is 14.2 Å². The first-order valence-electron chi connectivity index (χ1n) is 8.06. The molecular formula is C19H20N2O3. The highest BCUT2D eigenvalue weighted by molar-refractivity contribution is 6.07. The lowest BCUT2D eigenvalue weighted by Crippen LogP contribution is -2.39. The molecule has 1 amide bonds. The third kappa shape index (κ3) is 2.01. The quantitative estimate of drug-likeness (QED) is 0.911. The Hall–Kier alpha value is -2.53. The van der Waals surface area contributed by atoms with E-state index in [-0.39, 0.29) is 11.9 Å². The standard InChI is InChI=1S/C19H20N2O3/c1-23-13-9-12(10-14(11-13)24-2)17-19(7-8-20-17)15-5-3-4-6-16(15)21-18(19)22/h3-6,9-11,17,20H,7-8H2,1-2H3,(H,21,22). The first-order valence-corrected chi connectivity index (χ1v) is 8.06. The zero-order chi connectivity index (χ0) is 16.7. The number of ether oxygens (including phenoxy) is 2. The second kappa shape index (κ2) is 5.53. The number of fused-ring (bicyclic) bond motifs is 2. The van der Waals surface area contributed by atoms with Gasteiger partial charge in [0.1, 0.15) is 11.5 Å². The van der Waals surface area contributed by atoms with Crippen LogP contribution < -0.4 is 20.1 Å². The van der Waals surface area contributed by atoms with Gasteiger partial charge in [-0.3, -0.25) is 4.79 Å². The number of nitrogens with one attached hydrogen (secondary N) is 2. The highest BCUT2D eigenvalue weighted by Crippen LogP contribution is 2.51. The molecule has 2 aromatic rings. The summed E-state index contributed by atoms with van der Waals surface area (Å²) >= 11 is 0. The second-order valence-electron chi connectivity index (χ2n) is 6.25. The molecule has 0 saturated carbocycles. The summed E-state index contributed by atoms with van der Waals surface area (Å²) in [5.74, 6) is 1.50. The van der Waals surface area contributed by atoms with Gasteiger partial charge in [0.2, 0.25) is 5.91 Å². The van der Waals surface area contributed by atoms with Crippen LogP contribution in [0.15, 0.2) is 42.5 Å². The molecule has 2 aromatic carbocycles. The van der Waals surface area contributed by atoms with E-state index in [2.05, 4.69) is 10.6 Å². The Labute approximate surface area is 141 Å². The average Bonchev–Trinajstić information content (AvgIpc) is 3.18. The zero-order valence-electron chi connectivity index (χ0n) is 13.8. The van der Waals surface area contributed by atoms with Gasteiger partial charge in [-0.05, 0) is 42.3 Å². The van der Waals surface area contributed by atoms with Gasteiger partial charge in [-0.25, -0.2) is 0 Å². The minimum Gasteiger partial charge on any atom is -0.497 e. The molecule has 0 aliphatic carbocycles. The van der Waals surface area contributed by atoms with E-state index in [0.717, 1.165) is 41.3 Å². The van der Waals surface area contributed by atoms with Gasteiger partial charge in [-0.15, -0.1) is 0 Å². The maximum atomic E-state index is 12.9. The predicted molar refractivity (Wildman–Crippen MR) is 91.7 cm³/mol. The Bertz CT molecular complexity index is 783. The molecule has 1 fully saturated rings. The molecule has 1 saturated heterocycles. The smallest absolute Gasteiger partial charge is 0.237 e. The number of methoxy groups -OCH3 is 2. The Morgan fingerprint density at radius 1 is 1.08 bits per heavy atom. The normalized spacial score (nSPS) is 24.8. The van der Waals surface area contributed by atoms with Gasteiger partial charge in [-0.1, -0.05) is 18.2 Å². The minimum atomic E-state index is -0.589. The molecule has 5 nitrogen and oxygen atoms in total. The lowest BCUT2D eigenvalue weighted by atomic mass is 9.73. The summed E-state index contributed by atoms with van der Waals surface area (Å²) in [5.41, 5.74) is 2.38. The summed E-state index contributed by atoms with van der Waals surface area (Å²) in [5, 5.41) is 6.55. The highest BCUT2D eigenvalue weighted by atomic mass is 16.5. The SMILES string of the molecule is COc1cc(OC)cc(C2NCCC23C(=O)Nc2ccccc23)c1. The fourth-order valence-corrected chi connectivity index (χ4v) is 4.00. The number of benzene rings is 2. The summed E-state index contributed by atoms with van der Waals surface area (Å²) in [6, 6.07) is 13.6. The van der Waals surface area contributed by atoms with Crippen molar-refractivity contribution in [2.45, 2.75) is 17.9 Å². The largest absolute Gasteiger partial charge is 0.497 e. The topological polar surface area (TPSA) is 59.6 Å². The van der Waals surface area contributed by atoms with Crippen molar-refractivity contribution in [1.82, 2.24) is 5.32 Å². The minimum absolute atomic E-state index is 0.0560. The van der Waals surface area contributed by atoms with Gasteiger partial charge in [0, 0.05) is 11.8 Å². The molecule has 0 radical (unpaired) electrons. The zero-order valence-corrected chi connectivity index (χ0v) is 13.8. The van der Waals surface area contributed by atoms with Crippen molar-refractivity contribution >= 4 is 11.6 Å². The van der Waals surface area contributed by atoms with Crippen molar-refractivity contribution in [1.29, 1.82) is 0 Å². The van der Waals surface area contributed by atoms with Gasteiger partial charge < -0.3 is 20.1 Å². The van der Waals surface area contributed by atoms with Crippen LogP contribution in [-0.4, -0.2) is 26.7 Å². The Morgan fingerprint density at radius 2 is 1.79 bits per heavy atom. The van der Waals surface area contributed by atoms with E-state index in [0.29, 0.717) is 0 Å². The van der Waals surface area contributed by atoms with Crippen LogP contribution in [0.4, 0.5) is 5.69 Å². The maximum Gasteiger partial charge on any atom is 0.237 e. The Morgan fingerprint density at radius 3 is 2.50 bits per heavy atom.